The Hall–Kier alpha value is -2.21. The number of aromatic nitrogens is 2. The van der Waals surface area contributed by atoms with Crippen molar-refractivity contribution in [1.29, 1.82) is 0 Å². The van der Waals surface area contributed by atoms with Crippen LogP contribution in [0.5, 0.6) is 0 Å². The van der Waals surface area contributed by atoms with E-state index in [9.17, 15) is 9.90 Å². The Morgan fingerprint density at radius 2 is 1.96 bits per heavy atom. The molecule has 1 unspecified atom stereocenters. The third kappa shape index (κ3) is 2.92. The molecule has 1 atom stereocenters. The summed E-state index contributed by atoms with van der Waals surface area (Å²) >= 11 is 0. The highest BCUT2D eigenvalue weighted by atomic mass is 16.5. The van der Waals surface area contributed by atoms with Gasteiger partial charge in [-0.2, -0.15) is 4.98 Å². The second-order valence-electron chi connectivity index (χ2n) is 8.00. The van der Waals surface area contributed by atoms with E-state index in [4.69, 9.17) is 4.52 Å². The van der Waals surface area contributed by atoms with Crippen molar-refractivity contribution in [2.75, 3.05) is 13.1 Å². The summed E-state index contributed by atoms with van der Waals surface area (Å²) in [4.78, 5) is 19.2. The summed E-state index contributed by atoms with van der Waals surface area (Å²) in [5, 5.41) is 14.4. The number of likely N-dealkylation sites (tertiary alicyclic amines) is 1. The maximum Gasteiger partial charge on any atom is 0.253 e. The predicted molar refractivity (Wildman–Crippen MR) is 94.5 cm³/mol. The molecular formula is C20H23N3O3. The molecule has 1 saturated heterocycles. The van der Waals surface area contributed by atoms with Gasteiger partial charge in [-0.25, -0.2) is 0 Å². The standard InChI is InChI=1S/C20H23N3O3/c24-19(23-11-1-2-16(12-23)20(25)9-10-20)15-7-3-13(4-8-15)17-21-18(26-22-17)14-5-6-14/h3-4,7-8,14,16,25H,1-2,5-6,9-12H2. The van der Waals surface area contributed by atoms with Gasteiger partial charge in [0, 0.05) is 36.1 Å². The highest BCUT2D eigenvalue weighted by Crippen LogP contribution is 2.45. The van der Waals surface area contributed by atoms with Crippen molar-refractivity contribution < 1.29 is 14.4 Å². The van der Waals surface area contributed by atoms with Gasteiger partial charge in [-0.3, -0.25) is 4.79 Å². The van der Waals surface area contributed by atoms with Crippen LogP contribution in [-0.4, -0.2) is 44.7 Å². The van der Waals surface area contributed by atoms with Crippen LogP contribution < -0.4 is 0 Å². The maximum absolute atomic E-state index is 12.8. The Balaban J connectivity index is 1.29. The molecule has 1 aromatic heterocycles. The summed E-state index contributed by atoms with van der Waals surface area (Å²) < 4.78 is 5.31. The van der Waals surface area contributed by atoms with Gasteiger partial charge < -0.3 is 14.5 Å². The minimum atomic E-state index is -0.513. The van der Waals surface area contributed by atoms with Crippen LogP contribution in [0.25, 0.3) is 11.4 Å². The van der Waals surface area contributed by atoms with Crippen LogP contribution in [0.3, 0.4) is 0 Å². The van der Waals surface area contributed by atoms with E-state index in [1.54, 1.807) is 0 Å². The number of benzene rings is 1. The number of rotatable bonds is 4. The second-order valence-corrected chi connectivity index (χ2v) is 8.00. The summed E-state index contributed by atoms with van der Waals surface area (Å²) in [6.07, 6.45) is 5.98. The molecule has 2 heterocycles. The van der Waals surface area contributed by atoms with Crippen molar-refractivity contribution in [2.45, 2.75) is 50.0 Å². The van der Waals surface area contributed by atoms with E-state index in [0.717, 1.165) is 56.5 Å². The van der Waals surface area contributed by atoms with Gasteiger partial charge in [-0.15, -0.1) is 0 Å². The van der Waals surface area contributed by atoms with Crippen molar-refractivity contribution in [2.24, 2.45) is 5.92 Å². The van der Waals surface area contributed by atoms with Crippen LogP contribution in [0.15, 0.2) is 28.8 Å². The summed E-state index contributed by atoms with van der Waals surface area (Å²) in [7, 11) is 0. The van der Waals surface area contributed by atoms with E-state index in [0.29, 0.717) is 23.9 Å². The number of aliphatic hydroxyl groups is 1. The van der Waals surface area contributed by atoms with Gasteiger partial charge in [0.15, 0.2) is 0 Å². The van der Waals surface area contributed by atoms with E-state index >= 15 is 0 Å². The molecule has 136 valence electrons. The maximum atomic E-state index is 12.8. The molecule has 6 heteroatoms. The zero-order valence-electron chi connectivity index (χ0n) is 14.7. The summed E-state index contributed by atoms with van der Waals surface area (Å²) in [6.45, 7) is 1.43. The van der Waals surface area contributed by atoms with Crippen LogP contribution in [0.2, 0.25) is 0 Å². The normalized spacial score (nSPS) is 24.5. The van der Waals surface area contributed by atoms with Gasteiger partial charge >= 0.3 is 0 Å². The zero-order valence-corrected chi connectivity index (χ0v) is 14.7. The molecule has 5 rings (SSSR count). The van der Waals surface area contributed by atoms with Gasteiger partial charge in [0.1, 0.15) is 0 Å². The van der Waals surface area contributed by atoms with E-state index in [-0.39, 0.29) is 11.8 Å². The third-order valence-electron chi connectivity index (χ3n) is 5.99. The Labute approximate surface area is 152 Å². The van der Waals surface area contributed by atoms with Gasteiger partial charge in [-0.05, 0) is 50.7 Å². The summed E-state index contributed by atoms with van der Waals surface area (Å²) in [6, 6.07) is 7.43. The van der Waals surface area contributed by atoms with Crippen LogP contribution in [0.1, 0.15) is 60.7 Å². The van der Waals surface area contributed by atoms with Crippen molar-refractivity contribution in [1.82, 2.24) is 15.0 Å². The van der Waals surface area contributed by atoms with Crippen LogP contribution >= 0.6 is 0 Å². The Morgan fingerprint density at radius 1 is 1.19 bits per heavy atom. The lowest BCUT2D eigenvalue weighted by Gasteiger charge is -2.35. The fourth-order valence-electron chi connectivity index (χ4n) is 3.93. The lowest BCUT2D eigenvalue weighted by molar-refractivity contribution is 0.0282. The molecule has 0 bridgehead atoms. The minimum absolute atomic E-state index is 0.0391. The topological polar surface area (TPSA) is 79.5 Å². The number of hydrogen-bond donors (Lipinski definition) is 1. The predicted octanol–water partition coefficient (Wildman–Crippen LogP) is 2.99. The molecule has 2 aromatic rings. The molecule has 3 aliphatic rings. The third-order valence-corrected chi connectivity index (χ3v) is 5.99. The number of hydrogen-bond acceptors (Lipinski definition) is 5. The van der Waals surface area contributed by atoms with Crippen LogP contribution in [0.4, 0.5) is 0 Å². The SMILES string of the molecule is O=C(c1ccc(-c2noc(C3CC3)n2)cc1)N1CCCC(C2(O)CC2)C1. The largest absolute Gasteiger partial charge is 0.390 e. The molecule has 2 saturated carbocycles. The molecule has 6 nitrogen and oxygen atoms in total. The lowest BCUT2D eigenvalue weighted by Crippen LogP contribution is -2.44. The average molecular weight is 353 g/mol. The second kappa shape index (κ2) is 5.91. The first kappa shape index (κ1) is 16.0. The molecule has 0 radical (unpaired) electrons. The molecule has 2 aliphatic carbocycles. The minimum Gasteiger partial charge on any atom is -0.390 e. The van der Waals surface area contributed by atoms with Gasteiger partial charge in [0.05, 0.1) is 5.60 Å². The zero-order chi connectivity index (χ0) is 17.7. The van der Waals surface area contributed by atoms with E-state index in [1.165, 1.54) is 0 Å². The highest BCUT2D eigenvalue weighted by Gasteiger charge is 2.49. The number of carbonyl (C=O) groups excluding carboxylic acids is 1. The molecular weight excluding hydrogens is 330 g/mol. The fraction of sp³-hybridized carbons (Fsp3) is 0.550. The first-order chi connectivity index (χ1) is 12.6. The van der Waals surface area contributed by atoms with Crippen LogP contribution in [-0.2, 0) is 0 Å². The average Bonchev–Trinajstić information content (AvgIpc) is 3.62. The molecule has 1 aliphatic heterocycles. The first-order valence-corrected chi connectivity index (χ1v) is 9.58. The molecule has 0 spiro atoms. The molecule has 1 aromatic carbocycles. The van der Waals surface area contributed by atoms with E-state index < -0.39 is 5.60 Å². The fourth-order valence-corrected chi connectivity index (χ4v) is 3.93. The van der Waals surface area contributed by atoms with E-state index in [1.807, 2.05) is 29.2 Å². The quantitative estimate of drug-likeness (QED) is 0.914. The molecule has 3 fully saturated rings. The van der Waals surface area contributed by atoms with E-state index in [2.05, 4.69) is 10.1 Å². The monoisotopic (exact) mass is 353 g/mol. The van der Waals surface area contributed by atoms with Crippen molar-refractivity contribution in [3.63, 3.8) is 0 Å². The highest BCUT2D eigenvalue weighted by molar-refractivity contribution is 5.94. The Morgan fingerprint density at radius 3 is 2.65 bits per heavy atom. The number of nitrogens with zero attached hydrogens (tertiary/aromatic N) is 3. The van der Waals surface area contributed by atoms with Crippen molar-refractivity contribution in [3.05, 3.63) is 35.7 Å². The van der Waals surface area contributed by atoms with Gasteiger partial charge in [0.2, 0.25) is 11.7 Å². The first-order valence-electron chi connectivity index (χ1n) is 9.58. The molecule has 1 N–H and O–H groups in total. The lowest BCUT2D eigenvalue weighted by atomic mass is 9.90. The Kier molecular flexibility index (Phi) is 3.64. The number of amides is 1. The summed E-state index contributed by atoms with van der Waals surface area (Å²) in [5.74, 6) is 2.00. The molecule has 26 heavy (non-hydrogen) atoms. The summed E-state index contributed by atoms with van der Waals surface area (Å²) in [5.41, 5.74) is 1.02. The van der Waals surface area contributed by atoms with Crippen molar-refractivity contribution in [3.8, 4) is 11.4 Å². The van der Waals surface area contributed by atoms with Gasteiger partial charge in [0.25, 0.3) is 5.91 Å². The van der Waals surface area contributed by atoms with Crippen molar-refractivity contribution >= 4 is 5.91 Å². The number of piperidine rings is 1. The Bertz CT molecular complexity index is 821. The smallest absolute Gasteiger partial charge is 0.253 e. The van der Waals surface area contributed by atoms with Gasteiger partial charge in [-0.1, -0.05) is 17.3 Å². The number of carbonyl (C=O) groups is 1. The molecule has 1 amide bonds. The van der Waals surface area contributed by atoms with Crippen LogP contribution in [0, 0.1) is 5.92 Å².